The van der Waals surface area contributed by atoms with Crippen LogP contribution in [0.25, 0.3) is 21.9 Å². The van der Waals surface area contributed by atoms with E-state index in [1.165, 1.54) is 36.6 Å². The van der Waals surface area contributed by atoms with Crippen LogP contribution in [0.2, 0.25) is 0 Å². The van der Waals surface area contributed by atoms with E-state index >= 15 is 0 Å². The first-order valence-corrected chi connectivity index (χ1v) is 9.54. The van der Waals surface area contributed by atoms with Gasteiger partial charge in [-0.05, 0) is 24.3 Å². The third-order valence-corrected chi connectivity index (χ3v) is 4.60. The molecule has 0 spiro atoms. The topological polar surface area (TPSA) is 185 Å². The molecule has 2 aromatic carbocycles. The van der Waals surface area contributed by atoms with Gasteiger partial charge in [-0.2, -0.15) is 0 Å². The molecule has 4 aromatic rings. The van der Waals surface area contributed by atoms with Gasteiger partial charge in [0, 0.05) is 18.1 Å². The minimum absolute atomic E-state index is 0. The van der Waals surface area contributed by atoms with Gasteiger partial charge in [0.05, 0.1) is 5.39 Å². The van der Waals surface area contributed by atoms with Crippen LogP contribution in [0.15, 0.2) is 67.0 Å². The molecule has 176 valence electrons. The van der Waals surface area contributed by atoms with Crippen molar-refractivity contribution in [2.45, 2.75) is 6.10 Å². The number of carboxylic acids is 1. The Labute approximate surface area is 246 Å². The number of ether oxygens (including phenoxy) is 2. The molecular formula is C23H14Na2O11-2. The maximum atomic E-state index is 12.3. The molecule has 0 aliphatic carbocycles. The second kappa shape index (κ2) is 13.7. The van der Waals surface area contributed by atoms with E-state index in [1.54, 1.807) is 6.07 Å². The average Bonchev–Trinajstić information content (AvgIpc) is 2.80. The zero-order chi connectivity index (χ0) is 23.5. The van der Waals surface area contributed by atoms with Crippen LogP contribution < -0.4 is 84.6 Å². The molecular weight excluding hydrogens is 498 g/mol. The maximum Gasteiger partial charge on any atom is 1.00 e. The second-order valence-electron chi connectivity index (χ2n) is 6.87. The first-order chi connectivity index (χ1) is 15.9. The van der Waals surface area contributed by atoms with Gasteiger partial charge in [0.25, 0.3) is 0 Å². The van der Waals surface area contributed by atoms with Crippen molar-refractivity contribution in [1.82, 2.24) is 0 Å². The zero-order valence-electron chi connectivity index (χ0n) is 19.1. The van der Waals surface area contributed by atoms with E-state index < -0.39 is 28.7 Å². The van der Waals surface area contributed by atoms with Gasteiger partial charge in [0.2, 0.25) is 0 Å². The number of hydrogen-bond acceptors (Lipinski definition) is 10. The van der Waals surface area contributed by atoms with Crippen molar-refractivity contribution < 1.29 is 103 Å². The summed E-state index contributed by atoms with van der Waals surface area (Å²) in [6, 6.07) is 10.7. The fourth-order valence-electron chi connectivity index (χ4n) is 3.17. The normalized spacial score (nSPS) is 10.9. The van der Waals surface area contributed by atoms with Crippen LogP contribution in [0.4, 0.5) is 0 Å². The summed E-state index contributed by atoms with van der Waals surface area (Å²) in [6.45, 7) is -0.557. The van der Waals surface area contributed by atoms with E-state index in [2.05, 4.69) is 0 Å². The van der Waals surface area contributed by atoms with Crippen LogP contribution in [-0.2, 0) is 10.3 Å². The minimum atomic E-state index is -1.63. The molecule has 0 saturated carbocycles. The maximum absolute atomic E-state index is 12.3. The van der Waals surface area contributed by atoms with Crippen LogP contribution in [0.1, 0.15) is 16.3 Å². The standard InChI is InChI=1S/C23H15O10.2Na.O/c24-9-13-7-14(26)21-16(3-1-5-18(21)32-13)30-10-12(25)11-31-17-4-2-6-19-22(17)15(27)8-20(33-19)23(28)29;;;/h1-8,12,25H,10-11H2,(H,28,29);;;/q-1;2*+1;-2/p-1. The molecule has 0 bridgehead atoms. The first kappa shape index (κ1) is 31.5. The molecule has 13 heteroatoms. The van der Waals surface area contributed by atoms with E-state index in [9.17, 15) is 29.4 Å². The van der Waals surface area contributed by atoms with Crippen LogP contribution in [-0.4, -0.2) is 36.7 Å². The summed E-state index contributed by atoms with van der Waals surface area (Å²) in [7, 11) is 0. The summed E-state index contributed by atoms with van der Waals surface area (Å²) in [4.78, 5) is 46.3. The minimum Gasteiger partial charge on any atom is -2.00 e. The Morgan fingerprint density at radius 1 is 0.917 bits per heavy atom. The first-order valence-electron chi connectivity index (χ1n) is 9.54. The molecule has 2 heterocycles. The van der Waals surface area contributed by atoms with Crippen molar-refractivity contribution in [2.24, 2.45) is 0 Å². The van der Waals surface area contributed by atoms with Crippen LogP contribution in [0.5, 0.6) is 11.5 Å². The number of rotatable bonds is 8. The third-order valence-electron chi connectivity index (χ3n) is 4.60. The summed E-state index contributed by atoms with van der Waals surface area (Å²) < 4.78 is 21.4. The zero-order valence-corrected chi connectivity index (χ0v) is 23.1. The monoisotopic (exact) mass is 512 g/mol. The SMILES string of the molecule is O=[C-]c1cc(=O)c2c(OCC(O)COc3cccc4oc(C(=O)[O-])cc(=O)c34)cccc2o1.[Na+].[Na+].[O-2]. The largest absolute Gasteiger partial charge is 2.00 e. The number of aliphatic hydroxyl groups is 1. The van der Waals surface area contributed by atoms with Gasteiger partial charge in [-0.15, -0.1) is 6.07 Å². The molecule has 2 aromatic heterocycles. The van der Waals surface area contributed by atoms with Gasteiger partial charge >= 0.3 is 59.1 Å². The number of carbonyl (C=O) groups is 1. The van der Waals surface area contributed by atoms with Gasteiger partial charge in [-0.1, -0.05) is 12.1 Å². The molecule has 1 atom stereocenters. The summed E-state index contributed by atoms with van der Waals surface area (Å²) in [6.07, 6.45) is 0.345. The van der Waals surface area contributed by atoms with E-state index in [0.29, 0.717) is 0 Å². The smallest absolute Gasteiger partial charge is 1.00 e. The van der Waals surface area contributed by atoms with Crippen molar-refractivity contribution >= 4 is 34.2 Å². The van der Waals surface area contributed by atoms with Crippen molar-refractivity contribution in [1.29, 1.82) is 0 Å². The van der Waals surface area contributed by atoms with Gasteiger partial charge in [0.15, 0.2) is 11.2 Å². The second-order valence-corrected chi connectivity index (χ2v) is 6.87. The quantitative estimate of drug-likeness (QED) is 0.176. The number of carboxylic acid groups (broad SMARTS) is 1. The van der Waals surface area contributed by atoms with E-state index in [4.69, 9.17) is 18.3 Å². The molecule has 36 heavy (non-hydrogen) atoms. The summed E-state index contributed by atoms with van der Waals surface area (Å²) >= 11 is 0. The molecule has 1 unspecified atom stereocenters. The molecule has 0 aliphatic heterocycles. The Kier molecular flexibility index (Phi) is 12.0. The van der Waals surface area contributed by atoms with E-state index in [-0.39, 0.29) is 117 Å². The van der Waals surface area contributed by atoms with Gasteiger partial charge in [0.1, 0.15) is 58.8 Å². The van der Waals surface area contributed by atoms with E-state index in [0.717, 1.165) is 12.1 Å². The number of hydrogen-bond donors (Lipinski definition) is 1. The number of benzene rings is 2. The van der Waals surface area contributed by atoms with Gasteiger partial charge in [-0.25, -0.2) is 0 Å². The van der Waals surface area contributed by atoms with Crippen molar-refractivity contribution in [2.75, 3.05) is 13.2 Å². The van der Waals surface area contributed by atoms with Crippen LogP contribution >= 0.6 is 0 Å². The fraction of sp³-hybridized carbons (Fsp3) is 0.130. The number of aliphatic hydroxyl groups excluding tert-OH is 1. The van der Waals surface area contributed by atoms with Crippen molar-refractivity contribution in [3.8, 4) is 11.5 Å². The molecule has 1 N–H and O–H groups in total. The van der Waals surface area contributed by atoms with Crippen LogP contribution in [0.3, 0.4) is 0 Å². The molecule has 0 amide bonds. The summed E-state index contributed by atoms with van der Waals surface area (Å²) in [5, 5.41) is 21.3. The number of carbonyl (C=O) groups excluding carboxylic acids is 2. The Morgan fingerprint density at radius 3 is 1.92 bits per heavy atom. The Morgan fingerprint density at radius 2 is 1.42 bits per heavy atom. The predicted octanol–water partition coefficient (Wildman–Crippen LogP) is -5.57. The Balaban J connectivity index is 0.00000216. The molecule has 11 nitrogen and oxygen atoms in total. The predicted molar refractivity (Wildman–Crippen MR) is 112 cm³/mol. The molecule has 0 radical (unpaired) electrons. The van der Waals surface area contributed by atoms with Crippen LogP contribution in [0, 0.1) is 0 Å². The molecule has 0 fully saturated rings. The van der Waals surface area contributed by atoms with Crippen molar-refractivity contribution in [3.05, 3.63) is 80.5 Å². The van der Waals surface area contributed by atoms with Gasteiger partial charge < -0.3 is 48.4 Å². The average molecular weight is 512 g/mol. The molecule has 0 aliphatic rings. The molecule has 0 saturated heterocycles. The summed E-state index contributed by atoms with van der Waals surface area (Å²) in [5.74, 6) is -2.27. The number of fused-ring (bicyclic) bond motifs is 2. The van der Waals surface area contributed by atoms with E-state index in [1.807, 2.05) is 0 Å². The Hall–Kier alpha value is -2.48. The Bertz CT molecular complexity index is 1490. The summed E-state index contributed by atoms with van der Waals surface area (Å²) in [5.41, 5.74) is -1.04. The van der Waals surface area contributed by atoms with Crippen molar-refractivity contribution in [3.63, 3.8) is 0 Å². The van der Waals surface area contributed by atoms with Gasteiger partial charge in [-0.3, -0.25) is 4.79 Å². The number of aromatic carboxylic acids is 1. The third kappa shape index (κ3) is 6.84. The fourth-order valence-corrected chi connectivity index (χ4v) is 3.17. The molecule has 4 rings (SSSR count).